The molecule has 1 aromatic carbocycles. The van der Waals surface area contributed by atoms with Gasteiger partial charge in [-0.15, -0.1) is 0 Å². The maximum Gasteiger partial charge on any atom is 0.154 e. The molecule has 1 heterocycles. The first-order chi connectivity index (χ1) is 8.13. The van der Waals surface area contributed by atoms with Gasteiger partial charge in [-0.2, -0.15) is 0 Å². The molecule has 1 N–H and O–H groups in total. The van der Waals surface area contributed by atoms with Crippen molar-refractivity contribution in [1.29, 1.82) is 0 Å². The van der Waals surface area contributed by atoms with E-state index >= 15 is 0 Å². The van der Waals surface area contributed by atoms with Crippen LogP contribution in [-0.4, -0.2) is 6.54 Å². The van der Waals surface area contributed by atoms with E-state index in [2.05, 4.69) is 28.2 Å². The summed E-state index contributed by atoms with van der Waals surface area (Å²) in [6, 6.07) is 3.68. The maximum atomic E-state index is 6.19. The summed E-state index contributed by atoms with van der Waals surface area (Å²) in [6.07, 6.45) is 1.09. The molecule has 17 heavy (non-hydrogen) atoms. The van der Waals surface area contributed by atoms with Crippen LogP contribution in [0.4, 0.5) is 0 Å². The van der Waals surface area contributed by atoms with Crippen molar-refractivity contribution in [2.45, 2.75) is 19.9 Å². The molecule has 0 bridgehead atoms. The first-order valence-electron chi connectivity index (χ1n) is 5.40. The van der Waals surface area contributed by atoms with Crippen LogP contribution in [0.3, 0.4) is 0 Å². The molecule has 0 radical (unpaired) electrons. The van der Waals surface area contributed by atoms with Crippen LogP contribution in [0.15, 0.2) is 21.0 Å². The summed E-state index contributed by atoms with van der Waals surface area (Å²) in [7, 11) is 0. The first-order valence-corrected chi connectivity index (χ1v) is 6.95. The van der Waals surface area contributed by atoms with E-state index in [4.69, 9.17) is 27.6 Å². The molecule has 0 spiro atoms. The van der Waals surface area contributed by atoms with Crippen molar-refractivity contribution < 1.29 is 4.42 Å². The van der Waals surface area contributed by atoms with Crippen molar-refractivity contribution in [3.63, 3.8) is 0 Å². The molecule has 2 nitrogen and oxygen atoms in total. The second kappa shape index (κ2) is 5.61. The third-order valence-electron chi connectivity index (χ3n) is 2.43. The number of hydrogen-bond acceptors (Lipinski definition) is 2. The average molecular weight is 337 g/mol. The molecule has 2 rings (SSSR count). The Morgan fingerprint density at radius 2 is 2.12 bits per heavy atom. The summed E-state index contributed by atoms with van der Waals surface area (Å²) >= 11 is 15.7. The molecular formula is C12H12BrCl2NO. The lowest BCUT2D eigenvalue weighted by Crippen LogP contribution is -2.12. The van der Waals surface area contributed by atoms with Gasteiger partial charge in [0.15, 0.2) is 5.58 Å². The topological polar surface area (TPSA) is 25.2 Å². The number of hydrogen-bond donors (Lipinski definition) is 1. The highest BCUT2D eigenvalue weighted by Gasteiger charge is 2.13. The molecule has 0 fully saturated rings. The maximum absolute atomic E-state index is 6.19. The molecule has 0 saturated carbocycles. The number of rotatable bonds is 4. The average Bonchev–Trinajstić information content (AvgIpc) is 2.71. The molecular weight excluding hydrogens is 325 g/mol. The van der Waals surface area contributed by atoms with Crippen LogP contribution in [0.1, 0.15) is 19.1 Å². The van der Waals surface area contributed by atoms with Gasteiger partial charge >= 0.3 is 0 Å². The summed E-state index contributed by atoms with van der Waals surface area (Å²) < 4.78 is 6.46. The number of halogens is 3. The minimum atomic E-state index is 0.568. The Morgan fingerprint density at radius 1 is 1.35 bits per heavy atom. The minimum Gasteiger partial charge on any atom is -0.458 e. The van der Waals surface area contributed by atoms with Crippen molar-refractivity contribution in [3.8, 4) is 0 Å². The third-order valence-corrected chi connectivity index (χ3v) is 3.97. The zero-order valence-corrected chi connectivity index (χ0v) is 12.4. The Balaban J connectivity index is 2.36. The standard InChI is InChI=1S/C12H12BrCl2NO/c1-2-3-16-6-7-4-8-11(15)9(13)5-10(14)12(8)17-7/h4-5,16H,2-3,6H2,1H3. The predicted molar refractivity (Wildman–Crippen MR) is 75.9 cm³/mol. The molecule has 2 aromatic rings. The van der Waals surface area contributed by atoms with E-state index in [0.29, 0.717) is 22.2 Å². The fourth-order valence-electron chi connectivity index (χ4n) is 1.63. The summed E-state index contributed by atoms with van der Waals surface area (Å²) in [5, 5.41) is 5.32. The van der Waals surface area contributed by atoms with Crippen molar-refractivity contribution in [1.82, 2.24) is 5.32 Å². The second-order valence-electron chi connectivity index (χ2n) is 3.79. The van der Waals surface area contributed by atoms with Crippen LogP contribution < -0.4 is 5.32 Å². The Labute approximate surface area is 118 Å². The van der Waals surface area contributed by atoms with Crippen LogP contribution in [0, 0.1) is 0 Å². The monoisotopic (exact) mass is 335 g/mol. The molecule has 0 saturated heterocycles. The number of nitrogens with one attached hydrogen (secondary N) is 1. The highest BCUT2D eigenvalue weighted by atomic mass is 79.9. The number of fused-ring (bicyclic) bond motifs is 1. The zero-order valence-electron chi connectivity index (χ0n) is 9.32. The molecule has 92 valence electrons. The van der Waals surface area contributed by atoms with E-state index in [-0.39, 0.29) is 0 Å². The fraction of sp³-hybridized carbons (Fsp3) is 0.333. The summed E-state index contributed by atoms with van der Waals surface area (Å²) in [5.41, 5.74) is 0.646. The van der Waals surface area contributed by atoms with Gasteiger partial charge in [-0.1, -0.05) is 30.1 Å². The van der Waals surface area contributed by atoms with Gasteiger partial charge in [-0.25, -0.2) is 0 Å². The van der Waals surface area contributed by atoms with E-state index in [1.54, 1.807) is 6.07 Å². The van der Waals surface area contributed by atoms with E-state index < -0.39 is 0 Å². The van der Waals surface area contributed by atoms with Crippen molar-refractivity contribution >= 4 is 50.1 Å². The molecule has 0 atom stereocenters. The van der Waals surface area contributed by atoms with Gasteiger partial charge in [0.25, 0.3) is 0 Å². The Morgan fingerprint density at radius 3 is 2.82 bits per heavy atom. The van der Waals surface area contributed by atoms with Gasteiger partial charge in [0.2, 0.25) is 0 Å². The van der Waals surface area contributed by atoms with Gasteiger partial charge in [-0.3, -0.25) is 0 Å². The quantitative estimate of drug-likeness (QED) is 0.627. The lowest BCUT2D eigenvalue weighted by atomic mass is 10.2. The number of benzene rings is 1. The molecule has 1 aromatic heterocycles. The van der Waals surface area contributed by atoms with Gasteiger partial charge < -0.3 is 9.73 Å². The lowest BCUT2D eigenvalue weighted by molar-refractivity contribution is 0.513. The van der Waals surface area contributed by atoms with E-state index in [9.17, 15) is 0 Å². The molecule has 0 aliphatic heterocycles. The summed E-state index contributed by atoms with van der Waals surface area (Å²) in [6.45, 7) is 3.77. The van der Waals surface area contributed by atoms with Gasteiger partial charge in [0.05, 0.1) is 16.6 Å². The fourth-order valence-corrected chi connectivity index (χ4v) is 2.65. The molecule has 0 amide bonds. The van der Waals surface area contributed by atoms with Crippen LogP contribution in [-0.2, 0) is 6.54 Å². The Hall–Kier alpha value is -0.220. The lowest BCUT2D eigenvalue weighted by Gasteiger charge is -1.98. The highest BCUT2D eigenvalue weighted by Crippen LogP contribution is 2.37. The third kappa shape index (κ3) is 2.79. The molecule has 0 unspecified atom stereocenters. The minimum absolute atomic E-state index is 0.568. The van der Waals surface area contributed by atoms with Crippen molar-refractivity contribution in [3.05, 3.63) is 32.4 Å². The van der Waals surface area contributed by atoms with Crippen LogP contribution >= 0.6 is 39.1 Å². The van der Waals surface area contributed by atoms with Crippen molar-refractivity contribution in [2.75, 3.05) is 6.54 Å². The van der Waals surface area contributed by atoms with Gasteiger partial charge in [0.1, 0.15) is 5.76 Å². The molecule has 0 aliphatic carbocycles. The smallest absolute Gasteiger partial charge is 0.154 e. The van der Waals surface area contributed by atoms with E-state index in [1.807, 2.05) is 6.07 Å². The molecule has 0 aliphatic rings. The Kier molecular flexibility index (Phi) is 4.36. The summed E-state index contributed by atoms with van der Waals surface area (Å²) in [4.78, 5) is 0. The summed E-state index contributed by atoms with van der Waals surface area (Å²) in [5.74, 6) is 0.843. The highest BCUT2D eigenvalue weighted by molar-refractivity contribution is 9.10. The van der Waals surface area contributed by atoms with Crippen LogP contribution in [0.2, 0.25) is 10.0 Å². The van der Waals surface area contributed by atoms with Crippen LogP contribution in [0.5, 0.6) is 0 Å². The zero-order chi connectivity index (χ0) is 12.4. The Bertz CT molecular complexity index is 539. The van der Waals surface area contributed by atoms with Crippen molar-refractivity contribution in [2.24, 2.45) is 0 Å². The van der Waals surface area contributed by atoms with E-state index in [1.165, 1.54) is 0 Å². The van der Waals surface area contributed by atoms with Gasteiger partial charge in [0, 0.05) is 9.86 Å². The van der Waals surface area contributed by atoms with E-state index in [0.717, 1.165) is 28.6 Å². The van der Waals surface area contributed by atoms with Crippen LogP contribution in [0.25, 0.3) is 11.0 Å². The number of furan rings is 1. The van der Waals surface area contributed by atoms with Gasteiger partial charge in [-0.05, 0) is 41.0 Å². The predicted octanol–water partition coefficient (Wildman–Crippen LogP) is 5.00. The second-order valence-corrected chi connectivity index (χ2v) is 5.43. The first kappa shape index (κ1) is 13.2. The SMILES string of the molecule is CCCNCc1cc2c(Cl)c(Br)cc(Cl)c2o1. The largest absolute Gasteiger partial charge is 0.458 e. The molecule has 5 heteroatoms. The normalized spacial score (nSPS) is 11.3.